The highest BCUT2D eigenvalue weighted by atomic mass is 16.4. The molecule has 0 saturated heterocycles. The monoisotopic (exact) mass is 182 g/mol. The van der Waals surface area contributed by atoms with Crippen LogP contribution in [0.3, 0.4) is 0 Å². The summed E-state index contributed by atoms with van der Waals surface area (Å²) in [6, 6.07) is -0.524. The molecule has 1 N–H and O–H groups in total. The summed E-state index contributed by atoms with van der Waals surface area (Å²) in [5, 5.41) is 8.80. The minimum atomic E-state index is -0.824. The first-order valence-electron chi connectivity index (χ1n) is 4.41. The zero-order valence-corrected chi connectivity index (χ0v) is 7.90. The molecule has 0 spiro atoms. The van der Waals surface area contributed by atoms with E-state index in [9.17, 15) is 4.79 Å². The highest BCUT2D eigenvalue weighted by Gasteiger charge is 2.15. The molecule has 1 aromatic rings. The Hall–Kier alpha value is -1.32. The van der Waals surface area contributed by atoms with Crippen LogP contribution in [0, 0.1) is 0 Å². The molecule has 1 atom stereocenters. The van der Waals surface area contributed by atoms with Crippen molar-refractivity contribution in [3.63, 3.8) is 0 Å². The number of carboxylic acid groups (broad SMARTS) is 1. The Morgan fingerprint density at radius 1 is 1.77 bits per heavy atom. The highest BCUT2D eigenvalue weighted by Crippen LogP contribution is 2.10. The standard InChI is InChI=1S/C9H14N2O2/c1-3-4-8-10-5-6-11(8)7(2)9(12)13/h5-7H,3-4H2,1-2H3,(H,12,13)/t7-/m1/s1. The number of imidazole rings is 1. The van der Waals surface area contributed by atoms with Gasteiger partial charge in [-0.25, -0.2) is 9.78 Å². The molecule has 72 valence electrons. The molecule has 4 nitrogen and oxygen atoms in total. The van der Waals surface area contributed by atoms with E-state index in [0.717, 1.165) is 18.7 Å². The summed E-state index contributed by atoms with van der Waals surface area (Å²) in [5.41, 5.74) is 0. The van der Waals surface area contributed by atoms with Crippen LogP contribution >= 0.6 is 0 Å². The van der Waals surface area contributed by atoms with Crippen LogP contribution in [-0.2, 0) is 11.2 Å². The van der Waals surface area contributed by atoms with Crippen LogP contribution in [0.15, 0.2) is 12.4 Å². The van der Waals surface area contributed by atoms with Gasteiger partial charge in [0.2, 0.25) is 0 Å². The van der Waals surface area contributed by atoms with Gasteiger partial charge < -0.3 is 9.67 Å². The molecule has 0 saturated carbocycles. The Kier molecular flexibility index (Phi) is 3.06. The molecular formula is C9H14N2O2. The molecule has 1 heterocycles. The first kappa shape index (κ1) is 9.77. The average molecular weight is 182 g/mol. The normalized spacial score (nSPS) is 12.8. The first-order valence-corrected chi connectivity index (χ1v) is 4.41. The fourth-order valence-corrected chi connectivity index (χ4v) is 1.23. The van der Waals surface area contributed by atoms with Crippen molar-refractivity contribution < 1.29 is 9.90 Å². The third-order valence-corrected chi connectivity index (χ3v) is 2.00. The predicted molar refractivity (Wildman–Crippen MR) is 48.6 cm³/mol. The average Bonchev–Trinajstić information content (AvgIpc) is 2.52. The van der Waals surface area contributed by atoms with E-state index in [1.165, 1.54) is 0 Å². The summed E-state index contributed by atoms with van der Waals surface area (Å²) in [6.07, 6.45) is 5.15. The summed E-state index contributed by atoms with van der Waals surface area (Å²) in [5.74, 6) is 0.0211. The second-order valence-corrected chi connectivity index (χ2v) is 3.01. The molecule has 0 aromatic carbocycles. The van der Waals surface area contributed by atoms with Crippen molar-refractivity contribution in [2.24, 2.45) is 0 Å². The summed E-state index contributed by atoms with van der Waals surface area (Å²) in [6.45, 7) is 3.70. The van der Waals surface area contributed by atoms with Crippen LogP contribution in [-0.4, -0.2) is 20.6 Å². The van der Waals surface area contributed by atoms with E-state index >= 15 is 0 Å². The molecule has 0 radical (unpaired) electrons. The molecule has 1 aromatic heterocycles. The number of aromatic nitrogens is 2. The number of carboxylic acids is 1. The Bertz CT molecular complexity index is 294. The van der Waals surface area contributed by atoms with E-state index in [1.807, 2.05) is 6.92 Å². The van der Waals surface area contributed by atoms with Gasteiger partial charge in [-0.2, -0.15) is 0 Å². The van der Waals surface area contributed by atoms with Crippen LogP contribution in [0.2, 0.25) is 0 Å². The lowest BCUT2D eigenvalue weighted by Crippen LogP contribution is -2.17. The van der Waals surface area contributed by atoms with Crippen molar-refractivity contribution in [1.29, 1.82) is 0 Å². The van der Waals surface area contributed by atoms with Gasteiger partial charge in [0.25, 0.3) is 0 Å². The van der Waals surface area contributed by atoms with E-state index < -0.39 is 12.0 Å². The van der Waals surface area contributed by atoms with Crippen molar-refractivity contribution in [2.45, 2.75) is 32.7 Å². The van der Waals surface area contributed by atoms with Gasteiger partial charge in [0.05, 0.1) is 0 Å². The Labute approximate surface area is 77.2 Å². The van der Waals surface area contributed by atoms with Crippen LogP contribution in [0.25, 0.3) is 0 Å². The van der Waals surface area contributed by atoms with E-state index in [2.05, 4.69) is 4.98 Å². The zero-order chi connectivity index (χ0) is 9.84. The summed E-state index contributed by atoms with van der Waals surface area (Å²) < 4.78 is 1.70. The maximum Gasteiger partial charge on any atom is 0.326 e. The minimum Gasteiger partial charge on any atom is -0.480 e. The minimum absolute atomic E-state index is 0.524. The topological polar surface area (TPSA) is 55.1 Å². The molecule has 1 rings (SSSR count). The third-order valence-electron chi connectivity index (χ3n) is 2.00. The number of aliphatic carboxylic acids is 1. The summed E-state index contributed by atoms with van der Waals surface area (Å²) in [7, 11) is 0. The molecular weight excluding hydrogens is 168 g/mol. The van der Waals surface area contributed by atoms with Gasteiger partial charge in [0, 0.05) is 18.8 Å². The van der Waals surface area contributed by atoms with Crippen LogP contribution in [0.1, 0.15) is 32.1 Å². The second kappa shape index (κ2) is 4.07. The summed E-state index contributed by atoms with van der Waals surface area (Å²) >= 11 is 0. The van der Waals surface area contributed by atoms with Crippen LogP contribution in [0.4, 0.5) is 0 Å². The number of rotatable bonds is 4. The molecule has 0 unspecified atom stereocenters. The fourth-order valence-electron chi connectivity index (χ4n) is 1.23. The predicted octanol–water partition coefficient (Wildman–Crippen LogP) is 1.48. The van der Waals surface area contributed by atoms with Gasteiger partial charge in [-0.3, -0.25) is 0 Å². The molecule has 0 aliphatic heterocycles. The smallest absolute Gasteiger partial charge is 0.326 e. The number of aryl methyl sites for hydroxylation is 1. The molecule has 0 amide bonds. The Morgan fingerprint density at radius 3 is 3.00 bits per heavy atom. The van der Waals surface area contributed by atoms with Crippen LogP contribution in [0.5, 0.6) is 0 Å². The molecule has 13 heavy (non-hydrogen) atoms. The lowest BCUT2D eigenvalue weighted by atomic mass is 10.3. The molecule has 4 heteroatoms. The second-order valence-electron chi connectivity index (χ2n) is 3.01. The Morgan fingerprint density at radius 2 is 2.46 bits per heavy atom. The van der Waals surface area contributed by atoms with Gasteiger partial charge in [-0.15, -0.1) is 0 Å². The van der Waals surface area contributed by atoms with Crippen molar-refractivity contribution in [2.75, 3.05) is 0 Å². The van der Waals surface area contributed by atoms with E-state index in [-0.39, 0.29) is 0 Å². The van der Waals surface area contributed by atoms with Crippen molar-refractivity contribution >= 4 is 5.97 Å². The maximum absolute atomic E-state index is 10.7. The van der Waals surface area contributed by atoms with E-state index in [1.54, 1.807) is 23.9 Å². The van der Waals surface area contributed by atoms with Gasteiger partial charge in [0.15, 0.2) is 0 Å². The largest absolute Gasteiger partial charge is 0.480 e. The molecule has 0 aliphatic rings. The van der Waals surface area contributed by atoms with Gasteiger partial charge in [-0.05, 0) is 13.3 Å². The quantitative estimate of drug-likeness (QED) is 0.767. The van der Waals surface area contributed by atoms with Crippen molar-refractivity contribution in [1.82, 2.24) is 9.55 Å². The van der Waals surface area contributed by atoms with Gasteiger partial charge >= 0.3 is 5.97 Å². The number of hydrogen-bond acceptors (Lipinski definition) is 2. The maximum atomic E-state index is 10.7. The number of hydrogen-bond donors (Lipinski definition) is 1. The zero-order valence-electron chi connectivity index (χ0n) is 7.90. The first-order chi connectivity index (χ1) is 6.16. The van der Waals surface area contributed by atoms with E-state index in [0.29, 0.717) is 0 Å². The highest BCUT2D eigenvalue weighted by molar-refractivity contribution is 5.71. The van der Waals surface area contributed by atoms with Gasteiger partial charge in [0.1, 0.15) is 11.9 Å². The fraction of sp³-hybridized carbons (Fsp3) is 0.556. The molecule has 0 bridgehead atoms. The third kappa shape index (κ3) is 2.08. The number of nitrogens with zero attached hydrogens (tertiary/aromatic N) is 2. The molecule has 0 fully saturated rings. The number of carbonyl (C=O) groups is 1. The lowest BCUT2D eigenvalue weighted by Gasteiger charge is -2.10. The van der Waals surface area contributed by atoms with Crippen LogP contribution < -0.4 is 0 Å². The molecule has 0 aliphatic carbocycles. The lowest BCUT2D eigenvalue weighted by molar-refractivity contribution is -0.140. The van der Waals surface area contributed by atoms with Crippen molar-refractivity contribution in [3.8, 4) is 0 Å². The summed E-state index contributed by atoms with van der Waals surface area (Å²) in [4.78, 5) is 14.8. The Balaban J connectivity index is 2.86. The van der Waals surface area contributed by atoms with E-state index in [4.69, 9.17) is 5.11 Å². The SMILES string of the molecule is CCCc1nccn1[C@H](C)C(=O)O. The van der Waals surface area contributed by atoms with Gasteiger partial charge in [-0.1, -0.05) is 6.92 Å². The van der Waals surface area contributed by atoms with Crippen molar-refractivity contribution in [3.05, 3.63) is 18.2 Å².